The third-order valence-electron chi connectivity index (χ3n) is 6.37. The van der Waals surface area contributed by atoms with Crippen molar-refractivity contribution in [1.82, 2.24) is 9.80 Å². The van der Waals surface area contributed by atoms with Gasteiger partial charge < -0.3 is 10.6 Å². The number of hydrogen-bond donors (Lipinski definition) is 1. The van der Waals surface area contributed by atoms with Gasteiger partial charge in [-0.25, -0.2) is 0 Å². The lowest BCUT2D eigenvalue weighted by Gasteiger charge is -2.33. The second-order valence-corrected chi connectivity index (χ2v) is 7.68. The van der Waals surface area contributed by atoms with E-state index >= 15 is 0 Å². The predicted octanol–water partition coefficient (Wildman–Crippen LogP) is 3.05. The van der Waals surface area contributed by atoms with Crippen molar-refractivity contribution in [2.45, 2.75) is 51.6 Å². The van der Waals surface area contributed by atoms with Crippen LogP contribution in [0.5, 0.6) is 0 Å². The molecule has 0 aromatic heterocycles. The number of likely N-dealkylation sites (tertiary alicyclic amines) is 1. The van der Waals surface area contributed by atoms with Crippen molar-refractivity contribution in [1.29, 1.82) is 0 Å². The number of carbonyl (C=O) groups is 1. The van der Waals surface area contributed by atoms with Crippen LogP contribution in [0.15, 0.2) is 30.3 Å². The van der Waals surface area contributed by atoms with Crippen molar-refractivity contribution in [2.75, 3.05) is 26.2 Å². The highest BCUT2D eigenvalue weighted by Gasteiger charge is 2.38. The third-order valence-corrected chi connectivity index (χ3v) is 6.37. The average Bonchev–Trinajstić information content (AvgIpc) is 3.31. The molecule has 2 aliphatic rings. The van der Waals surface area contributed by atoms with Gasteiger partial charge in [0.15, 0.2) is 0 Å². The molecule has 25 heavy (non-hydrogen) atoms. The summed E-state index contributed by atoms with van der Waals surface area (Å²) in [7, 11) is 0. The van der Waals surface area contributed by atoms with E-state index in [0.29, 0.717) is 30.5 Å². The Kier molecular flexibility index (Phi) is 6.13. The van der Waals surface area contributed by atoms with Gasteiger partial charge in [-0.3, -0.25) is 9.69 Å². The summed E-state index contributed by atoms with van der Waals surface area (Å²) < 4.78 is 0. The molecule has 0 radical (unpaired) electrons. The molecule has 4 atom stereocenters. The Hall–Kier alpha value is -1.39. The molecule has 1 saturated heterocycles. The standard InChI is InChI=1S/C21H33N3O/c1-3-24(21(25)20-11-7-10-18(20)14-22)19-12-13-23(15-19)16(2)17-8-5-4-6-9-17/h4-6,8-9,16,18-20H,3,7,10-15,22H2,1-2H3/t16?,18-,19?,20-/m1/s1. The van der Waals surface area contributed by atoms with Gasteiger partial charge in [-0.05, 0) is 51.1 Å². The van der Waals surface area contributed by atoms with E-state index in [-0.39, 0.29) is 5.92 Å². The highest BCUT2D eigenvalue weighted by molar-refractivity contribution is 5.80. The molecule has 3 rings (SSSR count). The highest BCUT2D eigenvalue weighted by atomic mass is 16.2. The largest absolute Gasteiger partial charge is 0.338 e. The van der Waals surface area contributed by atoms with E-state index in [2.05, 4.69) is 54.0 Å². The van der Waals surface area contributed by atoms with Crippen LogP contribution >= 0.6 is 0 Å². The summed E-state index contributed by atoms with van der Waals surface area (Å²) in [6.07, 6.45) is 4.37. The summed E-state index contributed by atoms with van der Waals surface area (Å²) in [5, 5.41) is 0. The molecule has 2 N–H and O–H groups in total. The molecular weight excluding hydrogens is 310 g/mol. The normalized spacial score (nSPS) is 28.2. The fourth-order valence-corrected chi connectivity index (χ4v) is 4.77. The van der Waals surface area contributed by atoms with E-state index in [1.165, 1.54) is 5.56 Å². The van der Waals surface area contributed by atoms with Crippen molar-refractivity contribution in [3.05, 3.63) is 35.9 Å². The summed E-state index contributed by atoms with van der Waals surface area (Å²) in [4.78, 5) is 17.8. The van der Waals surface area contributed by atoms with Crippen LogP contribution in [0.1, 0.15) is 51.1 Å². The Bertz CT molecular complexity index is 562. The van der Waals surface area contributed by atoms with Gasteiger partial charge in [-0.2, -0.15) is 0 Å². The highest BCUT2D eigenvalue weighted by Crippen LogP contribution is 2.34. The molecule has 1 amide bonds. The minimum absolute atomic E-state index is 0.158. The van der Waals surface area contributed by atoms with E-state index in [0.717, 1.165) is 45.3 Å². The number of benzene rings is 1. The van der Waals surface area contributed by atoms with Crippen LogP contribution in [0, 0.1) is 11.8 Å². The lowest BCUT2D eigenvalue weighted by Crippen LogP contribution is -2.46. The van der Waals surface area contributed by atoms with Crippen LogP contribution in [0.3, 0.4) is 0 Å². The molecule has 1 aliphatic heterocycles. The van der Waals surface area contributed by atoms with Crippen molar-refractivity contribution < 1.29 is 4.79 Å². The first-order valence-corrected chi connectivity index (χ1v) is 9.95. The van der Waals surface area contributed by atoms with Gasteiger partial charge in [0.1, 0.15) is 0 Å². The van der Waals surface area contributed by atoms with Crippen molar-refractivity contribution in [2.24, 2.45) is 17.6 Å². The first-order chi connectivity index (χ1) is 12.2. The number of rotatable bonds is 6. The van der Waals surface area contributed by atoms with Crippen molar-refractivity contribution >= 4 is 5.91 Å². The van der Waals surface area contributed by atoms with Crippen molar-refractivity contribution in [3.8, 4) is 0 Å². The van der Waals surface area contributed by atoms with Crippen LogP contribution < -0.4 is 5.73 Å². The third kappa shape index (κ3) is 3.90. The lowest BCUT2D eigenvalue weighted by atomic mass is 9.94. The number of likely N-dealkylation sites (N-methyl/N-ethyl adjacent to an activating group) is 1. The molecule has 1 saturated carbocycles. The van der Waals surface area contributed by atoms with Gasteiger partial charge in [0, 0.05) is 37.6 Å². The SMILES string of the molecule is CCN(C(=O)[C@@H]1CCC[C@@H]1CN)C1CCN(C(C)c2ccccc2)C1. The number of amides is 1. The van der Waals surface area contributed by atoms with Gasteiger partial charge >= 0.3 is 0 Å². The molecule has 2 unspecified atom stereocenters. The van der Waals surface area contributed by atoms with Crippen LogP contribution in [-0.2, 0) is 4.79 Å². The zero-order valence-corrected chi connectivity index (χ0v) is 15.7. The molecule has 0 spiro atoms. The van der Waals surface area contributed by atoms with Gasteiger partial charge in [0.05, 0.1) is 0 Å². The van der Waals surface area contributed by atoms with E-state index < -0.39 is 0 Å². The maximum atomic E-state index is 13.1. The van der Waals surface area contributed by atoms with Crippen LogP contribution in [-0.4, -0.2) is 47.9 Å². The molecule has 0 bridgehead atoms. The minimum Gasteiger partial charge on any atom is -0.338 e. The smallest absolute Gasteiger partial charge is 0.226 e. The summed E-state index contributed by atoms with van der Waals surface area (Å²) in [5.41, 5.74) is 7.26. The zero-order valence-electron chi connectivity index (χ0n) is 15.7. The molecule has 2 fully saturated rings. The molecule has 1 aromatic rings. The summed E-state index contributed by atoms with van der Waals surface area (Å²) in [6.45, 7) is 7.90. The van der Waals surface area contributed by atoms with Gasteiger partial charge in [0.2, 0.25) is 5.91 Å². The monoisotopic (exact) mass is 343 g/mol. The van der Waals surface area contributed by atoms with Crippen LogP contribution in [0.4, 0.5) is 0 Å². The Morgan fingerprint density at radius 3 is 2.72 bits per heavy atom. The summed E-state index contributed by atoms with van der Waals surface area (Å²) >= 11 is 0. The van der Waals surface area contributed by atoms with E-state index in [1.54, 1.807) is 0 Å². The average molecular weight is 344 g/mol. The fraction of sp³-hybridized carbons (Fsp3) is 0.667. The summed E-state index contributed by atoms with van der Waals surface area (Å²) in [6, 6.07) is 11.4. The zero-order chi connectivity index (χ0) is 17.8. The number of nitrogens with zero attached hydrogens (tertiary/aromatic N) is 2. The van der Waals surface area contributed by atoms with E-state index in [4.69, 9.17) is 5.73 Å². The van der Waals surface area contributed by atoms with Gasteiger partial charge in [-0.15, -0.1) is 0 Å². The number of carbonyl (C=O) groups excluding carboxylic acids is 1. The molecular formula is C21H33N3O. The minimum atomic E-state index is 0.158. The summed E-state index contributed by atoms with van der Waals surface area (Å²) in [5.74, 6) is 0.905. The topological polar surface area (TPSA) is 49.6 Å². The molecule has 4 nitrogen and oxygen atoms in total. The maximum Gasteiger partial charge on any atom is 0.226 e. The molecule has 1 aliphatic carbocycles. The Morgan fingerprint density at radius 1 is 1.28 bits per heavy atom. The molecule has 138 valence electrons. The number of hydrogen-bond acceptors (Lipinski definition) is 3. The quantitative estimate of drug-likeness (QED) is 0.864. The van der Waals surface area contributed by atoms with Crippen LogP contribution in [0.25, 0.3) is 0 Å². The lowest BCUT2D eigenvalue weighted by molar-refractivity contribution is -0.138. The van der Waals surface area contributed by atoms with E-state index in [9.17, 15) is 4.79 Å². The van der Waals surface area contributed by atoms with Gasteiger partial charge in [-0.1, -0.05) is 36.8 Å². The molecule has 1 aromatic carbocycles. The fourth-order valence-electron chi connectivity index (χ4n) is 4.77. The second-order valence-electron chi connectivity index (χ2n) is 7.68. The Balaban J connectivity index is 1.64. The Morgan fingerprint density at radius 2 is 2.04 bits per heavy atom. The first kappa shape index (κ1) is 18.4. The van der Waals surface area contributed by atoms with Crippen LogP contribution in [0.2, 0.25) is 0 Å². The second kappa shape index (κ2) is 8.33. The maximum absolute atomic E-state index is 13.1. The van der Waals surface area contributed by atoms with Crippen molar-refractivity contribution in [3.63, 3.8) is 0 Å². The Labute approximate surface area is 152 Å². The number of nitrogens with two attached hydrogens (primary N) is 1. The predicted molar refractivity (Wildman–Crippen MR) is 102 cm³/mol. The molecule has 1 heterocycles. The first-order valence-electron chi connectivity index (χ1n) is 9.95. The van der Waals surface area contributed by atoms with Gasteiger partial charge in [0.25, 0.3) is 0 Å². The van der Waals surface area contributed by atoms with E-state index in [1.807, 2.05) is 0 Å². The molecule has 4 heteroatoms.